The van der Waals surface area contributed by atoms with E-state index < -0.39 is 10.0 Å². The molecule has 2 heterocycles. The number of para-hydroxylation sites is 2. The number of nitrogens with one attached hydrogen (secondary N) is 1. The van der Waals surface area contributed by atoms with E-state index >= 15 is 0 Å². The molecule has 0 amide bonds. The number of benzene rings is 2. The molecule has 0 aliphatic carbocycles. The van der Waals surface area contributed by atoms with Crippen molar-refractivity contribution < 1.29 is 13.2 Å². The van der Waals surface area contributed by atoms with E-state index in [1.54, 1.807) is 12.1 Å². The molecule has 1 N–H and O–H groups in total. The lowest BCUT2D eigenvalue weighted by molar-refractivity contribution is 0.256. The predicted molar refractivity (Wildman–Crippen MR) is 95.3 cm³/mol. The average Bonchev–Trinajstić information content (AvgIpc) is 2.96. The molecule has 1 saturated heterocycles. The first-order chi connectivity index (χ1) is 12.0. The van der Waals surface area contributed by atoms with Gasteiger partial charge in [-0.1, -0.05) is 18.2 Å². The highest BCUT2D eigenvalue weighted by Gasteiger charge is 2.40. The standard InChI is InChI=1S/C18H19N3O3S/c1-12-7-8-16(24-2)17(9-12)25(22,23)21-10-13(11-21)18-19-14-5-3-4-6-15(14)20-18/h3-9,13H,10-11H2,1-2H3,(H,19,20). The number of aromatic amines is 1. The van der Waals surface area contributed by atoms with Gasteiger partial charge in [0.1, 0.15) is 16.5 Å². The van der Waals surface area contributed by atoms with E-state index in [-0.39, 0.29) is 10.8 Å². The topological polar surface area (TPSA) is 75.3 Å². The third-order valence-corrected chi connectivity index (χ3v) is 6.43. The largest absolute Gasteiger partial charge is 0.495 e. The molecule has 1 aliphatic heterocycles. The summed E-state index contributed by atoms with van der Waals surface area (Å²) in [7, 11) is -2.09. The molecule has 0 bridgehead atoms. The summed E-state index contributed by atoms with van der Waals surface area (Å²) < 4.78 is 32.5. The lowest BCUT2D eigenvalue weighted by atomic mass is 10.0. The van der Waals surface area contributed by atoms with Crippen molar-refractivity contribution in [1.29, 1.82) is 0 Å². The molecular weight excluding hydrogens is 338 g/mol. The highest BCUT2D eigenvalue weighted by molar-refractivity contribution is 7.89. The van der Waals surface area contributed by atoms with Crippen molar-refractivity contribution >= 4 is 21.1 Å². The quantitative estimate of drug-likeness (QED) is 0.779. The molecule has 1 aliphatic rings. The Hall–Kier alpha value is -2.38. The van der Waals surface area contributed by atoms with Gasteiger partial charge in [-0.25, -0.2) is 13.4 Å². The minimum Gasteiger partial charge on any atom is -0.495 e. The summed E-state index contributed by atoms with van der Waals surface area (Å²) >= 11 is 0. The van der Waals surface area contributed by atoms with E-state index in [1.807, 2.05) is 37.3 Å². The van der Waals surface area contributed by atoms with Crippen LogP contribution in [-0.4, -0.2) is 42.9 Å². The molecule has 0 saturated carbocycles. The van der Waals surface area contributed by atoms with Crippen LogP contribution in [0.1, 0.15) is 17.3 Å². The highest BCUT2D eigenvalue weighted by atomic mass is 32.2. The first-order valence-electron chi connectivity index (χ1n) is 8.08. The molecule has 1 fully saturated rings. The Balaban J connectivity index is 1.57. The van der Waals surface area contributed by atoms with Crippen molar-refractivity contribution in [2.75, 3.05) is 20.2 Å². The molecule has 130 valence electrons. The third kappa shape index (κ3) is 2.69. The maximum absolute atomic E-state index is 12.9. The number of sulfonamides is 1. The molecule has 0 unspecified atom stereocenters. The number of aryl methyl sites for hydroxylation is 1. The molecule has 7 heteroatoms. The van der Waals surface area contributed by atoms with Crippen LogP contribution >= 0.6 is 0 Å². The van der Waals surface area contributed by atoms with Gasteiger partial charge in [-0.05, 0) is 36.8 Å². The molecule has 0 radical (unpaired) electrons. The monoisotopic (exact) mass is 357 g/mol. The van der Waals surface area contributed by atoms with Crippen molar-refractivity contribution in [3.8, 4) is 5.75 Å². The second-order valence-electron chi connectivity index (χ2n) is 6.31. The smallest absolute Gasteiger partial charge is 0.246 e. The number of H-pyrrole nitrogens is 1. The second kappa shape index (κ2) is 5.86. The van der Waals surface area contributed by atoms with Crippen LogP contribution in [-0.2, 0) is 10.0 Å². The summed E-state index contributed by atoms with van der Waals surface area (Å²) in [4.78, 5) is 8.07. The van der Waals surface area contributed by atoms with Gasteiger partial charge in [0, 0.05) is 19.0 Å². The Morgan fingerprint density at radius 2 is 1.96 bits per heavy atom. The third-order valence-electron chi connectivity index (χ3n) is 4.58. The number of hydrogen-bond acceptors (Lipinski definition) is 4. The van der Waals surface area contributed by atoms with Gasteiger partial charge in [0.15, 0.2) is 0 Å². The summed E-state index contributed by atoms with van der Waals surface area (Å²) in [6.45, 7) is 2.70. The van der Waals surface area contributed by atoms with Crippen LogP contribution in [0, 0.1) is 6.92 Å². The number of rotatable bonds is 4. The number of aromatic nitrogens is 2. The molecule has 4 rings (SSSR count). The zero-order valence-corrected chi connectivity index (χ0v) is 14.9. The van der Waals surface area contributed by atoms with Crippen LogP contribution in [0.4, 0.5) is 0 Å². The number of fused-ring (bicyclic) bond motifs is 1. The van der Waals surface area contributed by atoms with E-state index in [4.69, 9.17) is 4.74 Å². The number of methoxy groups -OCH3 is 1. The zero-order chi connectivity index (χ0) is 17.6. The van der Waals surface area contributed by atoms with E-state index in [0.717, 1.165) is 22.4 Å². The summed E-state index contributed by atoms with van der Waals surface area (Å²) in [6.07, 6.45) is 0. The molecule has 2 aromatic carbocycles. The fourth-order valence-corrected chi connectivity index (χ4v) is 4.87. The Kier molecular flexibility index (Phi) is 3.77. The Morgan fingerprint density at radius 1 is 1.20 bits per heavy atom. The molecule has 3 aromatic rings. The summed E-state index contributed by atoms with van der Waals surface area (Å²) in [5.41, 5.74) is 2.76. The van der Waals surface area contributed by atoms with Crippen molar-refractivity contribution in [1.82, 2.24) is 14.3 Å². The maximum Gasteiger partial charge on any atom is 0.246 e. The first kappa shape index (κ1) is 16.1. The highest BCUT2D eigenvalue weighted by Crippen LogP contribution is 2.35. The number of ether oxygens (including phenoxy) is 1. The lowest BCUT2D eigenvalue weighted by Gasteiger charge is -2.37. The molecule has 6 nitrogen and oxygen atoms in total. The van der Waals surface area contributed by atoms with Crippen molar-refractivity contribution in [2.24, 2.45) is 0 Å². The van der Waals surface area contributed by atoms with Gasteiger partial charge < -0.3 is 9.72 Å². The van der Waals surface area contributed by atoms with Crippen molar-refractivity contribution in [2.45, 2.75) is 17.7 Å². The van der Waals surface area contributed by atoms with Crippen LogP contribution in [0.15, 0.2) is 47.4 Å². The van der Waals surface area contributed by atoms with Crippen LogP contribution in [0.25, 0.3) is 11.0 Å². The fraction of sp³-hybridized carbons (Fsp3) is 0.278. The molecule has 0 atom stereocenters. The average molecular weight is 357 g/mol. The molecule has 1 aromatic heterocycles. The summed E-state index contributed by atoms with van der Waals surface area (Å²) in [6, 6.07) is 13.0. The Labute approximate surface area is 146 Å². The maximum atomic E-state index is 12.9. The minimum absolute atomic E-state index is 0.0815. The number of nitrogens with zero attached hydrogens (tertiary/aromatic N) is 2. The fourth-order valence-electron chi connectivity index (χ4n) is 3.10. The van der Waals surface area contributed by atoms with Crippen LogP contribution in [0.3, 0.4) is 0 Å². The van der Waals surface area contributed by atoms with Crippen LogP contribution in [0.5, 0.6) is 5.75 Å². The van der Waals surface area contributed by atoms with Crippen LogP contribution < -0.4 is 4.74 Å². The van der Waals surface area contributed by atoms with Crippen molar-refractivity contribution in [3.63, 3.8) is 0 Å². The molecule has 0 spiro atoms. The van der Waals surface area contributed by atoms with Crippen LogP contribution in [0.2, 0.25) is 0 Å². The second-order valence-corrected chi connectivity index (χ2v) is 8.22. The van der Waals surface area contributed by atoms with Gasteiger partial charge in [-0.15, -0.1) is 0 Å². The Bertz CT molecular complexity index is 1000. The van der Waals surface area contributed by atoms with Gasteiger partial charge in [0.05, 0.1) is 18.1 Å². The summed E-state index contributed by atoms with van der Waals surface area (Å²) in [5.74, 6) is 1.29. The Morgan fingerprint density at radius 3 is 2.68 bits per heavy atom. The SMILES string of the molecule is COc1ccc(C)cc1S(=O)(=O)N1CC(c2nc3ccccc3[nH]2)C1. The van der Waals surface area contributed by atoms with Gasteiger partial charge in [0.25, 0.3) is 0 Å². The van der Waals surface area contributed by atoms with E-state index in [2.05, 4.69) is 9.97 Å². The normalized spacial score (nSPS) is 16.1. The van der Waals surface area contributed by atoms with Gasteiger partial charge >= 0.3 is 0 Å². The zero-order valence-electron chi connectivity index (χ0n) is 14.1. The van der Waals surface area contributed by atoms with Gasteiger partial charge in [-0.3, -0.25) is 0 Å². The van der Waals surface area contributed by atoms with E-state index in [9.17, 15) is 8.42 Å². The van der Waals surface area contributed by atoms with E-state index in [0.29, 0.717) is 18.8 Å². The molecule has 25 heavy (non-hydrogen) atoms. The van der Waals surface area contributed by atoms with Gasteiger partial charge in [-0.2, -0.15) is 4.31 Å². The number of hydrogen-bond donors (Lipinski definition) is 1. The minimum atomic E-state index is -3.57. The first-order valence-corrected chi connectivity index (χ1v) is 9.52. The van der Waals surface area contributed by atoms with Crippen molar-refractivity contribution in [3.05, 3.63) is 53.9 Å². The van der Waals surface area contributed by atoms with E-state index in [1.165, 1.54) is 11.4 Å². The molecular formula is C18H19N3O3S. The predicted octanol–water partition coefficient (Wildman–Crippen LogP) is 2.67. The summed E-state index contributed by atoms with van der Waals surface area (Å²) in [5, 5.41) is 0. The number of imidazole rings is 1. The van der Waals surface area contributed by atoms with Gasteiger partial charge in [0.2, 0.25) is 10.0 Å². The lowest BCUT2D eigenvalue weighted by Crippen LogP contribution is -2.48.